The summed E-state index contributed by atoms with van der Waals surface area (Å²) in [5.74, 6) is -0.265. The summed E-state index contributed by atoms with van der Waals surface area (Å²) in [4.78, 5) is 17.1. The molecule has 2 aromatic heterocycles. The van der Waals surface area contributed by atoms with Crippen molar-refractivity contribution in [3.63, 3.8) is 0 Å². The third-order valence-electron chi connectivity index (χ3n) is 5.06. The Balaban J connectivity index is 1.40. The zero-order valence-corrected chi connectivity index (χ0v) is 17.7. The van der Waals surface area contributed by atoms with Crippen LogP contribution in [0.1, 0.15) is 15.9 Å². The van der Waals surface area contributed by atoms with Crippen molar-refractivity contribution < 1.29 is 22.4 Å². The second-order valence-corrected chi connectivity index (χ2v) is 8.11. The van der Waals surface area contributed by atoms with Crippen LogP contribution in [-0.4, -0.2) is 10.9 Å². The number of rotatable bonds is 4. The lowest BCUT2D eigenvalue weighted by molar-refractivity contribution is -0.137. The van der Waals surface area contributed by atoms with Crippen LogP contribution < -0.4 is 5.32 Å². The van der Waals surface area contributed by atoms with E-state index in [4.69, 9.17) is 4.42 Å². The van der Waals surface area contributed by atoms with Gasteiger partial charge in [0.15, 0.2) is 5.58 Å². The zero-order valence-electron chi connectivity index (χ0n) is 16.9. The molecule has 164 valence electrons. The minimum atomic E-state index is -4.52. The van der Waals surface area contributed by atoms with Gasteiger partial charge < -0.3 is 9.73 Å². The first kappa shape index (κ1) is 21.0. The maximum absolute atomic E-state index is 12.9. The Morgan fingerprint density at radius 2 is 1.76 bits per heavy atom. The Kier molecular flexibility index (Phi) is 5.22. The number of benzene rings is 3. The Morgan fingerprint density at radius 1 is 0.909 bits per heavy atom. The van der Waals surface area contributed by atoms with Crippen molar-refractivity contribution in [1.82, 2.24) is 4.98 Å². The summed E-state index contributed by atoms with van der Waals surface area (Å²) in [6.45, 7) is 0. The van der Waals surface area contributed by atoms with Crippen molar-refractivity contribution in [2.75, 3.05) is 5.32 Å². The van der Waals surface area contributed by atoms with E-state index in [1.807, 2.05) is 29.6 Å². The van der Waals surface area contributed by atoms with E-state index in [0.29, 0.717) is 28.2 Å². The molecule has 0 radical (unpaired) electrons. The van der Waals surface area contributed by atoms with E-state index in [0.717, 1.165) is 23.3 Å². The average Bonchev–Trinajstić information content (AvgIpc) is 3.48. The van der Waals surface area contributed by atoms with Crippen molar-refractivity contribution in [3.8, 4) is 22.6 Å². The number of alkyl halides is 3. The van der Waals surface area contributed by atoms with Crippen molar-refractivity contribution in [1.29, 1.82) is 0 Å². The highest BCUT2D eigenvalue weighted by Gasteiger charge is 2.30. The molecule has 2 heterocycles. The number of thiophene rings is 1. The van der Waals surface area contributed by atoms with E-state index in [2.05, 4.69) is 15.7 Å². The summed E-state index contributed by atoms with van der Waals surface area (Å²) < 4.78 is 44.7. The minimum absolute atomic E-state index is 0.0851. The topological polar surface area (TPSA) is 55.1 Å². The maximum atomic E-state index is 12.9. The van der Waals surface area contributed by atoms with Crippen molar-refractivity contribution in [3.05, 3.63) is 94.7 Å². The van der Waals surface area contributed by atoms with E-state index in [-0.39, 0.29) is 5.56 Å². The number of nitrogens with one attached hydrogen (secondary N) is 1. The molecule has 0 fully saturated rings. The van der Waals surface area contributed by atoms with E-state index >= 15 is 0 Å². The molecule has 0 aliphatic heterocycles. The molecule has 0 bridgehead atoms. The summed E-state index contributed by atoms with van der Waals surface area (Å²) in [6, 6.07) is 18.9. The number of hydrogen-bond acceptors (Lipinski definition) is 4. The molecule has 0 atom stereocenters. The fraction of sp³-hybridized carbons (Fsp3) is 0.0400. The first-order valence-corrected chi connectivity index (χ1v) is 10.8. The third-order valence-corrected chi connectivity index (χ3v) is 5.74. The second-order valence-electron chi connectivity index (χ2n) is 7.33. The Hall–Kier alpha value is -3.91. The van der Waals surface area contributed by atoms with Gasteiger partial charge in [0.05, 0.1) is 5.56 Å². The normalized spacial score (nSPS) is 11.6. The predicted octanol–water partition coefficient (Wildman–Crippen LogP) is 7.49. The molecule has 1 amide bonds. The number of halogens is 3. The number of carbonyl (C=O) groups is 1. The van der Waals surface area contributed by atoms with Gasteiger partial charge in [-0.05, 0) is 76.5 Å². The lowest BCUT2D eigenvalue weighted by Crippen LogP contribution is -2.13. The van der Waals surface area contributed by atoms with Crippen LogP contribution in [0.3, 0.4) is 0 Å². The summed E-state index contributed by atoms with van der Waals surface area (Å²) >= 11 is 1.61. The van der Waals surface area contributed by atoms with Gasteiger partial charge in [0.25, 0.3) is 5.91 Å². The molecule has 0 aliphatic rings. The number of hydrogen-bond donors (Lipinski definition) is 1. The predicted molar refractivity (Wildman–Crippen MR) is 122 cm³/mol. The molecule has 0 saturated heterocycles. The number of oxazole rings is 1. The Bertz CT molecular complexity index is 1460. The van der Waals surface area contributed by atoms with Crippen LogP contribution in [0.25, 0.3) is 33.7 Å². The van der Waals surface area contributed by atoms with E-state index in [1.165, 1.54) is 12.1 Å². The molecule has 0 spiro atoms. The molecular weight excluding hydrogens is 449 g/mol. The Labute approximate surface area is 190 Å². The highest BCUT2D eigenvalue weighted by atomic mass is 32.1. The molecule has 0 saturated carbocycles. The molecule has 4 nitrogen and oxygen atoms in total. The zero-order chi connectivity index (χ0) is 23.0. The van der Waals surface area contributed by atoms with Crippen LogP contribution in [0.5, 0.6) is 0 Å². The van der Waals surface area contributed by atoms with Gasteiger partial charge in [0.2, 0.25) is 5.89 Å². The van der Waals surface area contributed by atoms with Gasteiger partial charge in [0, 0.05) is 16.8 Å². The first-order chi connectivity index (χ1) is 15.9. The number of nitrogens with zero attached hydrogens (tertiary/aromatic N) is 1. The van der Waals surface area contributed by atoms with Gasteiger partial charge in [-0.2, -0.15) is 24.5 Å². The fourth-order valence-corrected chi connectivity index (χ4v) is 4.09. The second kappa shape index (κ2) is 8.22. The van der Waals surface area contributed by atoms with Gasteiger partial charge >= 0.3 is 6.18 Å². The van der Waals surface area contributed by atoms with Crippen molar-refractivity contribution in [2.45, 2.75) is 6.18 Å². The quantitative estimate of drug-likeness (QED) is 0.300. The van der Waals surface area contributed by atoms with Crippen LogP contribution in [-0.2, 0) is 6.18 Å². The van der Waals surface area contributed by atoms with Crippen LogP contribution in [0.15, 0.2) is 88.0 Å². The molecular formula is C25H15F3N2O2S. The number of carbonyl (C=O) groups excluding carboxylic acids is 1. The lowest BCUT2D eigenvalue weighted by atomic mass is 10.1. The molecule has 0 unspecified atom stereocenters. The smallest absolute Gasteiger partial charge is 0.416 e. The summed E-state index contributed by atoms with van der Waals surface area (Å²) in [5, 5.41) is 6.70. The number of amides is 1. The SMILES string of the molecule is O=C(Nc1cccc(-c2nc3cc(-c4ccsc4)ccc3o2)c1)c1cccc(C(F)(F)F)c1. The maximum Gasteiger partial charge on any atom is 0.416 e. The molecule has 1 N–H and O–H groups in total. The molecule has 0 aliphatic carbocycles. The van der Waals surface area contributed by atoms with Gasteiger partial charge in [-0.15, -0.1) is 0 Å². The van der Waals surface area contributed by atoms with Gasteiger partial charge in [-0.1, -0.05) is 18.2 Å². The average molecular weight is 464 g/mol. The molecule has 33 heavy (non-hydrogen) atoms. The standard InChI is InChI=1S/C25H15F3N2O2S/c26-25(27,28)19-5-1-3-16(11-19)23(31)29-20-6-2-4-17(12-20)24-30-21-13-15(7-8-22(21)32-24)18-9-10-33-14-18/h1-14H,(H,29,31). The number of fused-ring (bicyclic) bond motifs is 1. The van der Waals surface area contributed by atoms with Gasteiger partial charge in [-0.25, -0.2) is 4.98 Å². The highest BCUT2D eigenvalue weighted by molar-refractivity contribution is 7.08. The van der Waals surface area contributed by atoms with Crippen LogP contribution in [0, 0.1) is 0 Å². The van der Waals surface area contributed by atoms with E-state index < -0.39 is 17.6 Å². The lowest BCUT2D eigenvalue weighted by Gasteiger charge is -2.09. The molecule has 5 aromatic rings. The highest BCUT2D eigenvalue weighted by Crippen LogP contribution is 2.31. The third kappa shape index (κ3) is 4.38. The van der Waals surface area contributed by atoms with Gasteiger partial charge in [0.1, 0.15) is 5.52 Å². The monoisotopic (exact) mass is 464 g/mol. The largest absolute Gasteiger partial charge is 0.436 e. The van der Waals surface area contributed by atoms with E-state index in [1.54, 1.807) is 35.6 Å². The molecule has 3 aromatic carbocycles. The number of anilines is 1. The fourth-order valence-electron chi connectivity index (χ4n) is 3.43. The first-order valence-electron chi connectivity index (χ1n) is 9.89. The van der Waals surface area contributed by atoms with Crippen molar-refractivity contribution in [2.24, 2.45) is 0 Å². The van der Waals surface area contributed by atoms with Crippen LogP contribution >= 0.6 is 11.3 Å². The van der Waals surface area contributed by atoms with E-state index in [9.17, 15) is 18.0 Å². The summed E-state index contributed by atoms with van der Waals surface area (Å²) in [7, 11) is 0. The van der Waals surface area contributed by atoms with Crippen LogP contribution in [0.4, 0.5) is 18.9 Å². The molecule has 5 rings (SSSR count). The number of aromatic nitrogens is 1. The van der Waals surface area contributed by atoms with Crippen molar-refractivity contribution >= 4 is 34.0 Å². The summed E-state index contributed by atoms with van der Waals surface area (Å²) in [6.07, 6.45) is -4.52. The minimum Gasteiger partial charge on any atom is -0.436 e. The summed E-state index contributed by atoms with van der Waals surface area (Å²) in [5.41, 5.74) is 3.54. The van der Waals surface area contributed by atoms with Gasteiger partial charge in [-0.3, -0.25) is 4.79 Å². The Morgan fingerprint density at radius 3 is 2.55 bits per heavy atom. The van der Waals surface area contributed by atoms with Crippen LogP contribution in [0.2, 0.25) is 0 Å². The molecule has 8 heteroatoms.